The molecule has 3 fully saturated rings. The van der Waals surface area contributed by atoms with E-state index >= 15 is 0 Å². The van der Waals surface area contributed by atoms with Gasteiger partial charge in [-0.1, -0.05) is 12.2 Å². The second-order valence-electron chi connectivity index (χ2n) is 6.05. The molecule has 2 amide bonds. The first-order chi connectivity index (χ1) is 9.24. The van der Waals surface area contributed by atoms with Crippen molar-refractivity contribution in [2.45, 2.75) is 12.8 Å². The highest BCUT2D eigenvalue weighted by molar-refractivity contribution is 7.14. The Hall–Kier alpha value is -1.49. The van der Waals surface area contributed by atoms with Crippen LogP contribution in [0.2, 0.25) is 0 Å². The minimum atomic E-state index is -0.117. The number of carbonyl (C=O) groups is 2. The van der Waals surface area contributed by atoms with Gasteiger partial charge >= 0.3 is 0 Å². The fourth-order valence-electron chi connectivity index (χ4n) is 4.59. The van der Waals surface area contributed by atoms with Gasteiger partial charge in [0.15, 0.2) is 5.13 Å². The van der Waals surface area contributed by atoms with Gasteiger partial charge in [0.2, 0.25) is 11.8 Å². The number of hydrogen-bond donors (Lipinski definition) is 0. The molecular weight excluding hydrogens is 260 g/mol. The van der Waals surface area contributed by atoms with Crippen molar-refractivity contribution in [3.05, 3.63) is 23.7 Å². The Kier molecular flexibility index (Phi) is 1.62. The molecule has 1 aromatic rings. The van der Waals surface area contributed by atoms with Gasteiger partial charge in [0, 0.05) is 11.6 Å². The van der Waals surface area contributed by atoms with Crippen LogP contribution in [0, 0.1) is 29.1 Å². The summed E-state index contributed by atoms with van der Waals surface area (Å²) >= 11 is 1.36. The Morgan fingerprint density at radius 3 is 2.26 bits per heavy atom. The van der Waals surface area contributed by atoms with Crippen molar-refractivity contribution in [2.24, 2.45) is 29.1 Å². The fraction of sp³-hybridized carbons (Fsp3) is 0.500. The Morgan fingerprint density at radius 2 is 1.79 bits per heavy atom. The molecule has 1 spiro atoms. The van der Waals surface area contributed by atoms with Gasteiger partial charge in [0.05, 0.1) is 11.8 Å². The minimum Gasteiger partial charge on any atom is -0.274 e. The highest BCUT2D eigenvalue weighted by Crippen LogP contribution is 2.73. The summed E-state index contributed by atoms with van der Waals surface area (Å²) < 4.78 is 0. The Morgan fingerprint density at radius 1 is 1.16 bits per heavy atom. The average molecular weight is 272 g/mol. The maximum Gasteiger partial charge on any atom is 0.240 e. The molecule has 0 radical (unpaired) electrons. The summed E-state index contributed by atoms with van der Waals surface area (Å²) in [5.74, 6) is 0.316. The smallest absolute Gasteiger partial charge is 0.240 e. The Labute approximate surface area is 114 Å². The number of rotatable bonds is 1. The number of imide groups is 1. The topological polar surface area (TPSA) is 50.3 Å². The Bertz CT molecular complexity index is 598. The van der Waals surface area contributed by atoms with Crippen LogP contribution in [0.25, 0.3) is 0 Å². The number of allylic oxidation sites excluding steroid dienone is 2. The van der Waals surface area contributed by atoms with Gasteiger partial charge in [-0.05, 0) is 30.1 Å². The number of carbonyl (C=O) groups excluding carboxylic acids is 2. The SMILES string of the molecule is O=C1[C@@H]2[C@H](C(=O)N1c1nccs1)[C@@H]1C=C[C@H]2C12CC2. The van der Waals surface area contributed by atoms with Crippen LogP contribution in [0.1, 0.15) is 12.8 Å². The molecule has 1 aliphatic heterocycles. The molecule has 2 saturated carbocycles. The molecule has 0 unspecified atom stereocenters. The fourth-order valence-corrected chi connectivity index (χ4v) is 5.24. The van der Waals surface area contributed by atoms with Crippen LogP contribution in [-0.4, -0.2) is 16.8 Å². The lowest BCUT2D eigenvalue weighted by Gasteiger charge is -2.19. The van der Waals surface area contributed by atoms with E-state index in [2.05, 4.69) is 17.1 Å². The first-order valence-electron chi connectivity index (χ1n) is 6.70. The monoisotopic (exact) mass is 272 g/mol. The van der Waals surface area contributed by atoms with Crippen LogP contribution in [0.15, 0.2) is 23.7 Å². The zero-order valence-corrected chi connectivity index (χ0v) is 11.0. The van der Waals surface area contributed by atoms with Gasteiger partial charge in [0.1, 0.15) is 0 Å². The van der Waals surface area contributed by atoms with E-state index < -0.39 is 0 Å². The van der Waals surface area contributed by atoms with E-state index in [1.165, 1.54) is 29.1 Å². The minimum absolute atomic E-state index is 0.0203. The molecule has 19 heavy (non-hydrogen) atoms. The molecule has 4 nitrogen and oxygen atoms in total. The molecule has 4 atom stereocenters. The predicted molar refractivity (Wildman–Crippen MR) is 69.4 cm³/mol. The molecule has 96 valence electrons. The van der Waals surface area contributed by atoms with E-state index in [1.54, 1.807) is 11.6 Å². The zero-order valence-electron chi connectivity index (χ0n) is 10.2. The first kappa shape index (κ1) is 10.3. The van der Waals surface area contributed by atoms with E-state index in [0.717, 1.165) is 0 Å². The molecule has 5 rings (SSSR count). The molecule has 2 bridgehead atoms. The van der Waals surface area contributed by atoms with Crippen molar-refractivity contribution in [3.8, 4) is 0 Å². The molecule has 0 N–H and O–H groups in total. The molecule has 1 saturated heterocycles. The standard InChI is InChI=1S/C14H12N2O2S/c17-11-9-7-1-2-8(14(7)3-4-14)10(9)12(18)16(11)13-15-5-6-19-13/h1-2,5-10H,3-4H2/t7-,8+,9+,10-. The van der Waals surface area contributed by atoms with Crippen molar-refractivity contribution >= 4 is 28.3 Å². The van der Waals surface area contributed by atoms with Crippen molar-refractivity contribution < 1.29 is 9.59 Å². The summed E-state index contributed by atoms with van der Waals surface area (Å²) in [5, 5.41) is 2.34. The normalized spacial score (nSPS) is 40.5. The largest absolute Gasteiger partial charge is 0.274 e. The lowest BCUT2D eigenvalue weighted by Crippen LogP contribution is -2.34. The van der Waals surface area contributed by atoms with Gasteiger partial charge in [-0.25, -0.2) is 9.88 Å². The number of nitrogens with zero attached hydrogens (tertiary/aromatic N) is 2. The predicted octanol–water partition coefficient (Wildman–Crippen LogP) is 1.84. The zero-order chi connectivity index (χ0) is 12.8. The quantitative estimate of drug-likeness (QED) is 0.579. The molecule has 0 aromatic carbocycles. The second kappa shape index (κ2) is 2.98. The number of fused-ring (bicyclic) bond motifs is 3. The third kappa shape index (κ3) is 0.982. The number of aromatic nitrogens is 1. The Balaban J connectivity index is 1.62. The number of amides is 2. The van der Waals surface area contributed by atoms with Crippen molar-refractivity contribution in [1.29, 1.82) is 0 Å². The van der Waals surface area contributed by atoms with E-state index in [1.807, 2.05) is 0 Å². The lowest BCUT2D eigenvalue weighted by atomic mass is 9.85. The van der Waals surface area contributed by atoms with Crippen molar-refractivity contribution in [2.75, 3.05) is 4.90 Å². The number of anilines is 1. The first-order valence-corrected chi connectivity index (χ1v) is 7.58. The van der Waals surface area contributed by atoms with Crippen LogP contribution < -0.4 is 4.90 Å². The summed E-state index contributed by atoms with van der Waals surface area (Å²) in [6.07, 6.45) is 8.38. The van der Waals surface area contributed by atoms with Gasteiger partial charge < -0.3 is 0 Å². The van der Waals surface area contributed by atoms with Crippen LogP contribution in [0.5, 0.6) is 0 Å². The van der Waals surface area contributed by atoms with Gasteiger partial charge in [0.25, 0.3) is 0 Å². The van der Waals surface area contributed by atoms with Gasteiger partial charge in [-0.2, -0.15) is 0 Å². The third-order valence-electron chi connectivity index (χ3n) is 5.46. The maximum atomic E-state index is 12.6. The lowest BCUT2D eigenvalue weighted by molar-refractivity contribution is -0.123. The van der Waals surface area contributed by atoms with Gasteiger partial charge in [-0.15, -0.1) is 11.3 Å². The maximum absolute atomic E-state index is 12.6. The van der Waals surface area contributed by atoms with Crippen LogP contribution in [0.4, 0.5) is 5.13 Å². The highest BCUT2D eigenvalue weighted by Gasteiger charge is 2.73. The van der Waals surface area contributed by atoms with Crippen molar-refractivity contribution in [3.63, 3.8) is 0 Å². The molecule has 3 aliphatic carbocycles. The summed E-state index contributed by atoms with van der Waals surface area (Å²) in [4.78, 5) is 30.7. The summed E-state index contributed by atoms with van der Waals surface area (Å²) in [5.41, 5.74) is 0.273. The van der Waals surface area contributed by atoms with E-state index in [9.17, 15) is 9.59 Å². The molecule has 1 aromatic heterocycles. The summed E-state index contributed by atoms with van der Waals surface area (Å²) in [6, 6.07) is 0. The van der Waals surface area contributed by atoms with Gasteiger partial charge in [-0.3, -0.25) is 9.59 Å². The van der Waals surface area contributed by atoms with Crippen molar-refractivity contribution in [1.82, 2.24) is 4.98 Å². The van der Waals surface area contributed by atoms with E-state index in [0.29, 0.717) is 17.0 Å². The molecule has 2 heterocycles. The van der Waals surface area contributed by atoms with Crippen LogP contribution in [0.3, 0.4) is 0 Å². The molecule has 4 aliphatic rings. The summed E-state index contributed by atoms with van der Waals surface area (Å²) in [6.45, 7) is 0. The second-order valence-corrected chi connectivity index (χ2v) is 6.92. The number of thiazole rings is 1. The molecular formula is C14H12N2O2S. The summed E-state index contributed by atoms with van der Waals surface area (Å²) in [7, 11) is 0. The third-order valence-corrected chi connectivity index (χ3v) is 6.22. The van der Waals surface area contributed by atoms with Crippen LogP contribution >= 0.6 is 11.3 Å². The molecule has 5 heteroatoms. The van der Waals surface area contributed by atoms with E-state index in [4.69, 9.17) is 0 Å². The average Bonchev–Trinajstić information content (AvgIpc) is 2.70. The highest BCUT2D eigenvalue weighted by atomic mass is 32.1. The van der Waals surface area contributed by atoms with Crippen LogP contribution in [-0.2, 0) is 9.59 Å². The number of hydrogen-bond acceptors (Lipinski definition) is 4. The van der Waals surface area contributed by atoms with E-state index in [-0.39, 0.29) is 29.1 Å².